The number of halogens is 2. The molecule has 6 heteroatoms. The van der Waals surface area contributed by atoms with Gasteiger partial charge < -0.3 is 10.1 Å². The number of hydrogen-bond acceptors (Lipinski definition) is 2. The molecule has 1 aromatic carbocycles. The Morgan fingerprint density at radius 3 is 2.76 bits per heavy atom. The van der Waals surface area contributed by atoms with E-state index in [0.717, 1.165) is 12.1 Å². The molecule has 0 amide bonds. The highest BCUT2D eigenvalue weighted by Gasteiger charge is 2.13. The fourth-order valence-corrected chi connectivity index (χ4v) is 1.50. The van der Waals surface area contributed by atoms with Crippen molar-refractivity contribution in [2.45, 2.75) is 6.42 Å². The minimum Gasteiger partial charge on any atom is -0.481 e. The van der Waals surface area contributed by atoms with Crippen LogP contribution in [0.4, 0.5) is 8.78 Å². The van der Waals surface area contributed by atoms with Crippen molar-refractivity contribution in [3.63, 3.8) is 0 Å². The SMILES string of the molecule is O=C(O)Cc1[nH]cnc1-c1ccc(F)c(F)c1. The van der Waals surface area contributed by atoms with Crippen molar-refractivity contribution in [3.05, 3.63) is 41.9 Å². The second-order valence-electron chi connectivity index (χ2n) is 3.43. The zero-order chi connectivity index (χ0) is 12.4. The highest BCUT2D eigenvalue weighted by Crippen LogP contribution is 2.22. The molecule has 17 heavy (non-hydrogen) atoms. The third-order valence-electron chi connectivity index (χ3n) is 2.24. The number of imidazole rings is 1. The van der Waals surface area contributed by atoms with Gasteiger partial charge in [0.05, 0.1) is 24.1 Å². The fraction of sp³-hybridized carbons (Fsp3) is 0.0909. The van der Waals surface area contributed by atoms with Gasteiger partial charge in [0.2, 0.25) is 0 Å². The third-order valence-corrected chi connectivity index (χ3v) is 2.24. The Hall–Kier alpha value is -2.24. The van der Waals surface area contributed by atoms with Crippen molar-refractivity contribution >= 4 is 5.97 Å². The number of H-pyrrole nitrogens is 1. The largest absolute Gasteiger partial charge is 0.481 e. The van der Waals surface area contributed by atoms with Crippen molar-refractivity contribution in [2.24, 2.45) is 0 Å². The molecule has 2 N–H and O–H groups in total. The maximum Gasteiger partial charge on any atom is 0.309 e. The van der Waals surface area contributed by atoms with E-state index in [1.54, 1.807) is 0 Å². The summed E-state index contributed by atoms with van der Waals surface area (Å²) in [5.74, 6) is -2.98. The second-order valence-corrected chi connectivity index (χ2v) is 3.43. The molecule has 0 aliphatic carbocycles. The third kappa shape index (κ3) is 2.30. The maximum atomic E-state index is 13.0. The lowest BCUT2D eigenvalue weighted by molar-refractivity contribution is -0.136. The predicted octanol–water partition coefficient (Wildman–Crippen LogP) is 1.98. The Morgan fingerprint density at radius 1 is 1.35 bits per heavy atom. The van der Waals surface area contributed by atoms with Crippen LogP contribution in [-0.4, -0.2) is 21.0 Å². The van der Waals surface area contributed by atoms with Gasteiger partial charge in [-0.05, 0) is 18.2 Å². The average molecular weight is 238 g/mol. The zero-order valence-electron chi connectivity index (χ0n) is 8.58. The molecule has 0 saturated heterocycles. The molecule has 0 aliphatic heterocycles. The molecule has 0 unspecified atom stereocenters. The standard InChI is InChI=1S/C11H8F2N2O2/c12-7-2-1-6(3-8(7)13)11-9(4-10(16)17)14-5-15-11/h1-3,5H,4H2,(H,14,15)(H,16,17). The van der Waals surface area contributed by atoms with Gasteiger partial charge in [0.25, 0.3) is 0 Å². The van der Waals surface area contributed by atoms with Crippen molar-refractivity contribution in [3.8, 4) is 11.3 Å². The molecule has 0 aliphatic rings. The van der Waals surface area contributed by atoms with Crippen LogP contribution in [-0.2, 0) is 11.2 Å². The molecule has 4 nitrogen and oxygen atoms in total. The van der Waals surface area contributed by atoms with Crippen LogP contribution >= 0.6 is 0 Å². The van der Waals surface area contributed by atoms with Gasteiger partial charge in [0.1, 0.15) is 0 Å². The summed E-state index contributed by atoms with van der Waals surface area (Å²) >= 11 is 0. The van der Waals surface area contributed by atoms with Crippen molar-refractivity contribution in [1.82, 2.24) is 9.97 Å². The summed E-state index contributed by atoms with van der Waals surface area (Å²) in [5, 5.41) is 8.67. The normalized spacial score (nSPS) is 10.5. The summed E-state index contributed by atoms with van der Waals surface area (Å²) < 4.78 is 25.8. The fourth-order valence-electron chi connectivity index (χ4n) is 1.50. The number of aromatic amines is 1. The summed E-state index contributed by atoms with van der Waals surface area (Å²) in [6.45, 7) is 0. The van der Waals surface area contributed by atoms with Crippen LogP contribution in [0, 0.1) is 11.6 Å². The lowest BCUT2D eigenvalue weighted by atomic mass is 10.1. The first-order valence-electron chi connectivity index (χ1n) is 4.77. The van der Waals surface area contributed by atoms with E-state index in [2.05, 4.69) is 9.97 Å². The molecule has 0 bridgehead atoms. The Kier molecular flexibility index (Phi) is 2.86. The van der Waals surface area contributed by atoms with Gasteiger partial charge >= 0.3 is 5.97 Å². The van der Waals surface area contributed by atoms with E-state index in [1.165, 1.54) is 12.4 Å². The molecular formula is C11H8F2N2O2. The maximum absolute atomic E-state index is 13.0. The van der Waals surface area contributed by atoms with Crippen LogP contribution in [0.25, 0.3) is 11.3 Å². The highest BCUT2D eigenvalue weighted by molar-refractivity contribution is 5.73. The lowest BCUT2D eigenvalue weighted by Gasteiger charge is -2.01. The average Bonchev–Trinajstić information content (AvgIpc) is 2.69. The van der Waals surface area contributed by atoms with E-state index < -0.39 is 17.6 Å². The molecule has 1 aromatic heterocycles. The number of rotatable bonds is 3. The molecule has 0 radical (unpaired) electrons. The zero-order valence-corrected chi connectivity index (χ0v) is 8.58. The molecule has 0 saturated carbocycles. The van der Waals surface area contributed by atoms with Crippen LogP contribution in [0.3, 0.4) is 0 Å². The molecule has 0 spiro atoms. The molecule has 2 aromatic rings. The van der Waals surface area contributed by atoms with Crippen LogP contribution in [0.2, 0.25) is 0 Å². The first kappa shape index (κ1) is 11.3. The number of nitrogens with zero attached hydrogens (tertiary/aromatic N) is 1. The van der Waals surface area contributed by atoms with Crippen LogP contribution in [0.1, 0.15) is 5.69 Å². The van der Waals surface area contributed by atoms with Gasteiger partial charge in [-0.3, -0.25) is 4.79 Å². The molecular weight excluding hydrogens is 230 g/mol. The number of hydrogen-bond donors (Lipinski definition) is 2. The second kappa shape index (κ2) is 4.32. The molecule has 0 atom stereocenters. The van der Waals surface area contributed by atoms with Gasteiger partial charge in [-0.25, -0.2) is 13.8 Å². The van der Waals surface area contributed by atoms with Crippen LogP contribution in [0.15, 0.2) is 24.5 Å². The van der Waals surface area contributed by atoms with E-state index in [1.807, 2.05) is 0 Å². The minimum atomic E-state index is -1.03. The molecule has 0 fully saturated rings. The highest BCUT2D eigenvalue weighted by atomic mass is 19.2. The van der Waals surface area contributed by atoms with E-state index in [9.17, 15) is 13.6 Å². The van der Waals surface area contributed by atoms with Crippen molar-refractivity contribution in [1.29, 1.82) is 0 Å². The smallest absolute Gasteiger partial charge is 0.309 e. The molecule has 88 valence electrons. The number of carboxylic acids is 1. The lowest BCUT2D eigenvalue weighted by Crippen LogP contribution is -2.02. The Balaban J connectivity index is 2.42. The van der Waals surface area contributed by atoms with Gasteiger partial charge in [0, 0.05) is 5.56 Å². The van der Waals surface area contributed by atoms with Gasteiger partial charge in [-0.2, -0.15) is 0 Å². The first-order valence-corrected chi connectivity index (χ1v) is 4.77. The number of carboxylic acid groups (broad SMARTS) is 1. The van der Waals surface area contributed by atoms with E-state index in [0.29, 0.717) is 17.0 Å². The van der Waals surface area contributed by atoms with Gasteiger partial charge in [-0.1, -0.05) is 0 Å². The van der Waals surface area contributed by atoms with E-state index in [-0.39, 0.29) is 6.42 Å². The summed E-state index contributed by atoms with van der Waals surface area (Å²) in [6.07, 6.45) is 1.06. The number of benzene rings is 1. The summed E-state index contributed by atoms with van der Waals surface area (Å²) in [4.78, 5) is 17.2. The molecule has 2 rings (SSSR count). The Bertz CT molecular complexity index is 566. The predicted molar refractivity (Wildman–Crippen MR) is 55.3 cm³/mol. The van der Waals surface area contributed by atoms with Crippen molar-refractivity contribution in [2.75, 3.05) is 0 Å². The number of nitrogens with one attached hydrogen (secondary N) is 1. The number of aliphatic carboxylic acids is 1. The van der Waals surface area contributed by atoms with Crippen molar-refractivity contribution < 1.29 is 18.7 Å². The van der Waals surface area contributed by atoms with Gasteiger partial charge in [0.15, 0.2) is 11.6 Å². The first-order chi connectivity index (χ1) is 8.08. The van der Waals surface area contributed by atoms with Gasteiger partial charge in [-0.15, -0.1) is 0 Å². The Morgan fingerprint density at radius 2 is 2.12 bits per heavy atom. The summed E-state index contributed by atoms with van der Waals surface area (Å²) in [6, 6.07) is 3.31. The number of aromatic nitrogens is 2. The van der Waals surface area contributed by atoms with E-state index >= 15 is 0 Å². The Labute approximate surface area is 94.9 Å². The van der Waals surface area contributed by atoms with E-state index in [4.69, 9.17) is 5.11 Å². The summed E-state index contributed by atoms with van der Waals surface area (Å²) in [7, 11) is 0. The minimum absolute atomic E-state index is 0.256. The molecule has 1 heterocycles. The van der Waals surface area contributed by atoms with Crippen LogP contribution in [0.5, 0.6) is 0 Å². The number of carbonyl (C=O) groups is 1. The monoisotopic (exact) mass is 238 g/mol. The summed E-state index contributed by atoms with van der Waals surface area (Å²) in [5.41, 5.74) is 0.996. The quantitative estimate of drug-likeness (QED) is 0.859. The topological polar surface area (TPSA) is 66.0 Å². The van der Waals surface area contributed by atoms with Crippen LogP contribution < -0.4 is 0 Å².